The van der Waals surface area contributed by atoms with Gasteiger partial charge in [-0.25, -0.2) is 0 Å². The van der Waals surface area contributed by atoms with E-state index in [0.29, 0.717) is 18.3 Å². The fraction of sp³-hybridized carbons (Fsp3) is 0.812. The van der Waals surface area contributed by atoms with Crippen molar-refractivity contribution in [3.63, 3.8) is 0 Å². The molecule has 104 valence electrons. The molecule has 2 aliphatic heterocycles. The van der Waals surface area contributed by atoms with E-state index in [0.717, 1.165) is 19.4 Å². The van der Waals surface area contributed by atoms with Crippen molar-refractivity contribution in [2.45, 2.75) is 63.3 Å². The third kappa shape index (κ3) is 1.90. The van der Waals surface area contributed by atoms with Gasteiger partial charge in [-0.3, -0.25) is 4.79 Å². The lowest BCUT2D eigenvalue weighted by Gasteiger charge is -2.34. The van der Waals surface area contributed by atoms with Gasteiger partial charge < -0.3 is 9.47 Å². The predicted octanol–water partition coefficient (Wildman–Crippen LogP) is 2.64. The molecule has 0 bridgehead atoms. The first-order valence-electron chi connectivity index (χ1n) is 7.56. The van der Waals surface area contributed by atoms with Gasteiger partial charge in [-0.1, -0.05) is 18.6 Å². The van der Waals surface area contributed by atoms with Gasteiger partial charge in [-0.05, 0) is 32.6 Å². The van der Waals surface area contributed by atoms with Crippen molar-refractivity contribution in [2.75, 3.05) is 6.61 Å². The summed E-state index contributed by atoms with van der Waals surface area (Å²) in [6.07, 6.45) is 7.74. The maximum Gasteiger partial charge on any atom is 0.136 e. The van der Waals surface area contributed by atoms with Crippen LogP contribution in [0.5, 0.6) is 0 Å². The van der Waals surface area contributed by atoms with Crippen LogP contribution in [0.1, 0.15) is 46.0 Å². The Morgan fingerprint density at radius 3 is 2.79 bits per heavy atom. The van der Waals surface area contributed by atoms with Crippen LogP contribution in [0.2, 0.25) is 0 Å². The highest BCUT2D eigenvalue weighted by atomic mass is 16.6. The summed E-state index contributed by atoms with van der Waals surface area (Å²) in [6, 6.07) is 0. The van der Waals surface area contributed by atoms with Crippen LogP contribution in [0.4, 0.5) is 0 Å². The number of epoxide rings is 2. The van der Waals surface area contributed by atoms with Crippen LogP contribution in [-0.2, 0) is 14.3 Å². The van der Waals surface area contributed by atoms with Crippen molar-refractivity contribution in [1.82, 2.24) is 0 Å². The number of Topliss-reactive ketones (excluding diaryl/α,β-unsaturated/α-hetero) is 1. The maximum absolute atomic E-state index is 12.1. The van der Waals surface area contributed by atoms with Crippen LogP contribution < -0.4 is 0 Å². The van der Waals surface area contributed by atoms with E-state index in [-0.39, 0.29) is 23.0 Å². The minimum atomic E-state index is -0.127. The highest BCUT2D eigenvalue weighted by molar-refractivity contribution is 5.82. The molecule has 0 N–H and O–H groups in total. The number of carbonyl (C=O) groups is 1. The smallest absolute Gasteiger partial charge is 0.136 e. The average Bonchev–Trinajstić information content (AvgIpc) is 3.21. The molecule has 4 rings (SSSR count). The van der Waals surface area contributed by atoms with E-state index in [1.165, 1.54) is 12.8 Å². The first kappa shape index (κ1) is 12.1. The van der Waals surface area contributed by atoms with E-state index < -0.39 is 0 Å². The zero-order chi connectivity index (χ0) is 13.3. The molecule has 2 aliphatic carbocycles. The molecule has 1 spiro atoms. The van der Waals surface area contributed by atoms with E-state index in [1.54, 1.807) is 5.57 Å². The van der Waals surface area contributed by atoms with Gasteiger partial charge in [0.2, 0.25) is 0 Å². The highest BCUT2D eigenvalue weighted by Gasteiger charge is 2.69. The SMILES string of the molecule is C[C@H]1C[C@]2(CO2)C([C@@]2(C)O[C@@H]2CC=C2CC2)CC1=O. The Bertz CT molecular complexity index is 457. The van der Waals surface area contributed by atoms with E-state index >= 15 is 0 Å². The van der Waals surface area contributed by atoms with Gasteiger partial charge in [0.15, 0.2) is 0 Å². The van der Waals surface area contributed by atoms with Crippen molar-refractivity contribution in [3.8, 4) is 0 Å². The molecule has 0 aromatic rings. The number of hydrogen-bond acceptors (Lipinski definition) is 3. The second-order valence-corrected chi connectivity index (χ2v) is 7.07. The van der Waals surface area contributed by atoms with Crippen molar-refractivity contribution >= 4 is 5.78 Å². The monoisotopic (exact) mass is 262 g/mol. The molecule has 3 heteroatoms. The molecule has 3 nitrogen and oxygen atoms in total. The molecular weight excluding hydrogens is 240 g/mol. The molecule has 0 radical (unpaired) electrons. The minimum Gasteiger partial charge on any atom is -0.369 e. The fourth-order valence-electron chi connectivity index (χ4n) is 3.91. The first-order chi connectivity index (χ1) is 9.03. The van der Waals surface area contributed by atoms with Gasteiger partial charge >= 0.3 is 0 Å². The molecule has 19 heavy (non-hydrogen) atoms. The van der Waals surface area contributed by atoms with E-state index in [2.05, 4.69) is 13.0 Å². The topological polar surface area (TPSA) is 42.1 Å². The van der Waals surface area contributed by atoms with Crippen LogP contribution in [-0.4, -0.2) is 29.7 Å². The van der Waals surface area contributed by atoms with Gasteiger partial charge in [-0.2, -0.15) is 0 Å². The molecular formula is C16H22O3. The highest BCUT2D eigenvalue weighted by Crippen LogP contribution is 2.59. The van der Waals surface area contributed by atoms with Crippen molar-refractivity contribution in [3.05, 3.63) is 11.6 Å². The summed E-state index contributed by atoms with van der Waals surface area (Å²) in [4.78, 5) is 12.1. The Morgan fingerprint density at radius 1 is 1.42 bits per heavy atom. The minimum absolute atomic E-state index is 0.0381. The number of allylic oxidation sites excluding steroid dienone is 1. The summed E-state index contributed by atoms with van der Waals surface area (Å²) in [5, 5.41) is 0. The Hall–Kier alpha value is -0.670. The quantitative estimate of drug-likeness (QED) is 0.580. The van der Waals surface area contributed by atoms with Gasteiger partial charge in [-0.15, -0.1) is 0 Å². The lowest BCUT2D eigenvalue weighted by atomic mass is 9.67. The summed E-state index contributed by atoms with van der Waals surface area (Å²) in [7, 11) is 0. The van der Waals surface area contributed by atoms with Crippen LogP contribution in [0.3, 0.4) is 0 Å². The summed E-state index contributed by atoms with van der Waals surface area (Å²) in [6.45, 7) is 5.04. The molecule has 0 aromatic heterocycles. The molecule has 1 unspecified atom stereocenters. The second kappa shape index (κ2) is 3.70. The molecule has 2 saturated carbocycles. The number of carbonyl (C=O) groups excluding carboxylic acids is 1. The zero-order valence-corrected chi connectivity index (χ0v) is 11.8. The molecule has 5 atom stereocenters. The van der Waals surface area contributed by atoms with Crippen molar-refractivity contribution < 1.29 is 14.3 Å². The average molecular weight is 262 g/mol. The van der Waals surface area contributed by atoms with Crippen LogP contribution in [0.25, 0.3) is 0 Å². The Morgan fingerprint density at radius 2 is 2.16 bits per heavy atom. The first-order valence-corrected chi connectivity index (χ1v) is 7.56. The molecule has 0 aromatic carbocycles. The zero-order valence-electron chi connectivity index (χ0n) is 11.8. The number of rotatable bonds is 3. The van der Waals surface area contributed by atoms with E-state index in [1.807, 2.05) is 6.92 Å². The number of ether oxygens (including phenoxy) is 2. The van der Waals surface area contributed by atoms with Crippen molar-refractivity contribution in [2.24, 2.45) is 11.8 Å². The molecule has 2 heterocycles. The summed E-state index contributed by atoms with van der Waals surface area (Å²) < 4.78 is 11.8. The lowest BCUT2D eigenvalue weighted by Crippen LogP contribution is -2.45. The summed E-state index contributed by atoms with van der Waals surface area (Å²) in [5.74, 6) is 0.821. The summed E-state index contributed by atoms with van der Waals surface area (Å²) in [5.41, 5.74) is 1.41. The molecule has 4 aliphatic rings. The van der Waals surface area contributed by atoms with Gasteiger partial charge in [0.1, 0.15) is 5.78 Å². The predicted molar refractivity (Wildman–Crippen MR) is 70.8 cm³/mol. The van der Waals surface area contributed by atoms with Gasteiger partial charge in [0.05, 0.1) is 23.9 Å². The van der Waals surface area contributed by atoms with Crippen molar-refractivity contribution in [1.29, 1.82) is 0 Å². The normalized spacial score (nSPS) is 51.4. The standard InChI is InChI=1S/C16H22O3/c1-10-8-16(9-18-16)13(7-12(10)17)15(2)14(19-15)6-5-11-3-4-11/h5,10,13-14H,3-4,6-9H2,1-2H3/t10-,13?,14+,15+,16-/m0/s1. The molecule has 4 fully saturated rings. The van der Waals surface area contributed by atoms with Gasteiger partial charge in [0, 0.05) is 18.3 Å². The molecule has 0 amide bonds. The fourth-order valence-corrected chi connectivity index (χ4v) is 3.91. The molecule has 2 saturated heterocycles. The Kier molecular flexibility index (Phi) is 2.36. The largest absolute Gasteiger partial charge is 0.369 e. The van der Waals surface area contributed by atoms with Crippen LogP contribution in [0.15, 0.2) is 11.6 Å². The van der Waals surface area contributed by atoms with Gasteiger partial charge in [0.25, 0.3) is 0 Å². The second-order valence-electron chi connectivity index (χ2n) is 7.07. The number of hydrogen-bond donors (Lipinski definition) is 0. The van der Waals surface area contributed by atoms with Crippen LogP contribution in [0, 0.1) is 11.8 Å². The maximum atomic E-state index is 12.1. The third-order valence-corrected chi connectivity index (χ3v) is 5.59. The van der Waals surface area contributed by atoms with Crippen LogP contribution >= 0.6 is 0 Å². The van der Waals surface area contributed by atoms with E-state index in [9.17, 15) is 4.79 Å². The Labute approximate surface area is 114 Å². The number of ketones is 1. The Balaban J connectivity index is 1.49. The summed E-state index contributed by atoms with van der Waals surface area (Å²) >= 11 is 0. The van der Waals surface area contributed by atoms with E-state index in [4.69, 9.17) is 9.47 Å². The lowest BCUT2D eigenvalue weighted by molar-refractivity contribution is -0.129. The third-order valence-electron chi connectivity index (χ3n) is 5.59.